The molecule has 0 fully saturated rings. The summed E-state index contributed by atoms with van der Waals surface area (Å²) in [5, 5.41) is 0. The van der Waals surface area contributed by atoms with E-state index in [1.54, 1.807) is 0 Å². The number of unbranched alkanes of at least 4 members (excludes halogenated alkanes) is 1. The summed E-state index contributed by atoms with van der Waals surface area (Å²) in [6.45, 7) is 14.3. The fourth-order valence-electron chi connectivity index (χ4n) is 1.09. The molecule has 1 heteroatoms. The molecular weight excluding hydrogens is 160 g/mol. The van der Waals surface area contributed by atoms with Crippen LogP contribution in [0.2, 0.25) is 0 Å². The Kier molecular flexibility index (Phi) is 4.98. The van der Waals surface area contributed by atoms with Crippen LogP contribution in [0.15, 0.2) is 0 Å². The molecule has 0 spiro atoms. The summed E-state index contributed by atoms with van der Waals surface area (Å²) in [6, 6.07) is 0. The van der Waals surface area contributed by atoms with Gasteiger partial charge in [-0.2, -0.15) is 0 Å². The van der Waals surface area contributed by atoms with Crippen molar-refractivity contribution in [3.05, 3.63) is 0 Å². The van der Waals surface area contributed by atoms with Crippen LogP contribution in [0.5, 0.6) is 0 Å². The smallest absolute Gasteiger partial charge is 0.0677 e. The first kappa shape index (κ1) is 13.0. The van der Waals surface area contributed by atoms with Gasteiger partial charge in [-0.1, -0.05) is 34.1 Å². The van der Waals surface area contributed by atoms with Crippen molar-refractivity contribution in [3.63, 3.8) is 0 Å². The highest BCUT2D eigenvalue weighted by Crippen LogP contribution is 2.36. The van der Waals surface area contributed by atoms with Gasteiger partial charge >= 0.3 is 0 Å². The summed E-state index contributed by atoms with van der Waals surface area (Å²) in [7, 11) is 0. The van der Waals surface area contributed by atoms with Gasteiger partial charge in [-0.15, -0.1) is 0 Å². The van der Waals surface area contributed by atoms with Crippen molar-refractivity contribution in [1.29, 1.82) is 0 Å². The Morgan fingerprint density at radius 1 is 1.00 bits per heavy atom. The molecule has 13 heavy (non-hydrogen) atoms. The van der Waals surface area contributed by atoms with E-state index >= 15 is 0 Å². The van der Waals surface area contributed by atoms with Crippen LogP contribution in [0, 0.1) is 5.41 Å². The van der Waals surface area contributed by atoms with Gasteiger partial charge in [0.25, 0.3) is 0 Å². The molecule has 0 N–H and O–H groups in total. The zero-order chi connectivity index (χ0) is 10.5. The summed E-state index contributed by atoms with van der Waals surface area (Å²) < 4.78 is 5.93. The topological polar surface area (TPSA) is 9.23 Å². The first-order valence-corrected chi connectivity index (χ1v) is 5.51. The summed E-state index contributed by atoms with van der Waals surface area (Å²) in [6.07, 6.45) is 3.54. The van der Waals surface area contributed by atoms with Crippen LogP contribution in [0.4, 0.5) is 0 Å². The van der Waals surface area contributed by atoms with Gasteiger partial charge in [0, 0.05) is 6.61 Å². The Morgan fingerprint density at radius 2 is 1.54 bits per heavy atom. The third kappa shape index (κ3) is 3.68. The van der Waals surface area contributed by atoms with Gasteiger partial charge in [0.05, 0.1) is 5.60 Å². The van der Waals surface area contributed by atoms with Crippen molar-refractivity contribution >= 4 is 0 Å². The minimum absolute atomic E-state index is 0.00306. The van der Waals surface area contributed by atoms with E-state index in [1.165, 1.54) is 12.8 Å². The molecule has 0 bridgehead atoms. The fraction of sp³-hybridized carbons (Fsp3) is 1.00. The molecule has 0 aromatic rings. The summed E-state index contributed by atoms with van der Waals surface area (Å²) >= 11 is 0. The Labute approximate surface area is 83.9 Å². The standard InChI is InChI=1S/C12H26O/c1-7-9-10-13-12(5,6)11(3,4)8-2/h7-10H2,1-6H3. The summed E-state index contributed by atoms with van der Waals surface area (Å²) in [5.74, 6) is 0. The second-order valence-corrected chi connectivity index (χ2v) is 4.95. The van der Waals surface area contributed by atoms with Crippen LogP contribution in [0.3, 0.4) is 0 Å². The van der Waals surface area contributed by atoms with E-state index in [1.807, 2.05) is 0 Å². The van der Waals surface area contributed by atoms with E-state index in [9.17, 15) is 0 Å². The van der Waals surface area contributed by atoms with E-state index in [0.717, 1.165) is 13.0 Å². The molecule has 0 atom stereocenters. The summed E-state index contributed by atoms with van der Waals surface area (Å²) in [5.41, 5.74) is 0.262. The normalized spacial score (nSPS) is 13.4. The molecular formula is C12H26O. The first-order valence-electron chi connectivity index (χ1n) is 5.51. The Hall–Kier alpha value is -0.0400. The minimum Gasteiger partial charge on any atom is -0.375 e. The van der Waals surface area contributed by atoms with E-state index in [2.05, 4.69) is 41.5 Å². The van der Waals surface area contributed by atoms with Crippen LogP contribution < -0.4 is 0 Å². The van der Waals surface area contributed by atoms with E-state index in [0.29, 0.717) is 0 Å². The van der Waals surface area contributed by atoms with Gasteiger partial charge in [-0.25, -0.2) is 0 Å². The molecule has 0 aliphatic heterocycles. The van der Waals surface area contributed by atoms with E-state index in [4.69, 9.17) is 4.74 Å². The number of ether oxygens (including phenoxy) is 1. The molecule has 0 aromatic carbocycles. The molecule has 0 aromatic heterocycles. The molecule has 0 saturated heterocycles. The first-order chi connectivity index (χ1) is 5.87. The largest absolute Gasteiger partial charge is 0.375 e. The summed E-state index contributed by atoms with van der Waals surface area (Å²) in [4.78, 5) is 0. The lowest BCUT2D eigenvalue weighted by Gasteiger charge is -2.41. The van der Waals surface area contributed by atoms with Gasteiger partial charge in [0.2, 0.25) is 0 Å². The van der Waals surface area contributed by atoms with Crippen LogP contribution in [-0.4, -0.2) is 12.2 Å². The molecule has 80 valence electrons. The zero-order valence-electron chi connectivity index (χ0n) is 10.2. The maximum atomic E-state index is 5.93. The van der Waals surface area contributed by atoms with E-state index < -0.39 is 0 Å². The van der Waals surface area contributed by atoms with Crippen molar-refractivity contribution < 1.29 is 4.74 Å². The number of hydrogen-bond donors (Lipinski definition) is 0. The van der Waals surface area contributed by atoms with Crippen molar-refractivity contribution in [2.75, 3.05) is 6.61 Å². The maximum Gasteiger partial charge on any atom is 0.0677 e. The highest BCUT2D eigenvalue weighted by Gasteiger charge is 2.35. The van der Waals surface area contributed by atoms with E-state index in [-0.39, 0.29) is 11.0 Å². The third-order valence-corrected chi connectivity index (χ3v) is 3.47. The molecule has 0 heterocycles. The number of rotatable bonds is 6. The molecule has 0 radical (unpaired) electrons. The average Bonchev–Trinajstić information content (AvgIpc) is 2.04. The molecule has 0 aliphatic rings. The highest BCUT2D eigenvalue weighted by atomic mass is 16.5. The average molecular weight is 186 g/mol. The van der Waals surface area contributed by atoms with Crippen molar-refractivity contribution in [3.8, 4) is 0 Å². The lowest BCUT2D eigenvalue weighted by Crippen LogP contribution is -2.41. The van der Waals surface area contributed by atoms with Crippen LogP contribution in [-0.2, 0) is 4.74 Å². The van der Waals surface area contributed by atoms with Gasteiger partial charge < -0.3 is 4.74 Å². The number of hydrogen-bond acceptors (Lipinski definition) is 1. The highest BCUT2D eigenvalue weighted by molar-refractivity contribution is 4.86. The van der Waals surface area contributed by atoms with Gasteiger partial charge in [0.1, 0.15) is 0 Å². The molecule has 0 unspecified atom stereocenters. The van der Waals surface area contributed by atoms with Crippen LogP contribution >= 0.6 is 0 Å². The van der Waals surface area contributed by atoms with Gasteiger partial charge in [-0.3, -0.25) is 0 Å². The van der Waals surface area contributed by atoms with Crippen molar-refractivity contribution in [2.45, 2.75) is 66.4 Å². The molecule has 0 saturated carbocycles. The Balaban J connectivity index is 4.06. The third-order valence-electron chi connectivity index (χ3n) is 3.47. The monoisotopic (exact) mass is 186 g/mol. The van der Waals surface area contributed by atoms with Gasteiger partial charge in [-0.05, 0) is 32.1 Å². The SMILES string of the molecule is CCCCOC(C)(C)C(C)(C)CC. The molecule has 0 rings (SSSR count). The minimum atomic E-state index is -0.00306. The molecule has 0 aliphatic carbocycles. The second kappa shape index (κ2) is 4.99. The lowest BCUT2D eigenvalue weighted by molar-refractivity contribution is -0.0996. The van der Waals surface area contributed by atoms with Crippen LogP contribution in [0.25, 0.3) is 0 Å². The Bertz CT molecular complexity index is 136. The predicted octanol–water partition coefficient (Wildman–Crippen LogP) is 4.02. The Morgan fingerprint density at radius 3 is 1.92 bits per heavy atom. The predicted molar refractivity (Wildman–Crippen MR) is 59.0 cm³/mol. The lowest BCUT2D eigenvalue weighted by atomic mass is 9.75. The quantitative estimate of drug-likeness (QED) is 0.569. The van der Waals surface area contributed by atoms with Gasteiger partial charge in [0.15, 0.2) is 0 Å². The molecule has 1 nitrogen and oxygen atoms in total. The van der Waals surface area contributed by atoms with Crippen molar-refractivity contribution in [2.24, 2.45) is 5.41 Å². The van der Waals surface area contributed by atoms with Crippen LogP contribution in [0.1, 0.15) is 60.8 Å². The molecule has 0 amide bonds. The fourth-order valence-corrected chi connectivity index (χ4v) is 1.09. The maximum absolute atomic E-state index is 5.93. The second-order valence-electron chi connectivity index (χ2n) is 4.95. The van der Waals surface area contributed by atoms with Crippen molar-refractivity contribution in [1.82, 2.24) is 0 Å². The zero-order valence-corrected chi connectivity index (χ0v) is 10.2.